The van der Waals surface area contributed by atoms with Gasteiger partial charge in [0.15, 0.2) is 0 Å². The lowest BCUT2D eigenvalue weighted by atomic mass is 10.1. The van der Waals surface area contributed by atoms with E-state index in [1.807, 2.05) is 0 Å². The molecule has 4 rings (SSSR count). The summed E-state index contributed by atoms with van der Waals surface area (Å²) >= 11 is 0. The molecule has 0 atom stereocenters. The molecular formula is C19H10N2O6. The van der Waals surface area contributed by atoms with Gasteiger partial charge in [0, 0.05) is 23.0 Å². The number of ether oxygens (including phenoxy) is 1. The minimum absolute atomic E-state index is 0.144. The molecule has 0 saturated carbocycles. The molecule has 0 bridgehead atoms. The van der Waals surface area contributed by atoms with Crippen LogP contribution in [-0.2, 0) is 0 Å². The third-order valence-electron chi connectivity index (χ3n) is 3.96. The maximum absolute atomic E-state index is 12.6. The summed E-state index contributed by atoms with van der Waals surface area (Å²) in [5, 5.41) is 12.4. The van der Waals surface area contributed by atoms with Crippen LogP contribution < -0.4 is 10.4 Å². The lowest BCUT2D eigenvalue weighted by Gasteiger charge is -2.07. The van der Waals surface area contributed by atoms with Crippen LogP contribution in [0.2, 0.25) is 0 Å². The van der Waals surface area contributed by atoms with Crippen molar-refractivity contribution in [3.05, 3.63) is 86.9 Å². The van der Waals surface area contributed by atoms with Gasteiger partial charge < -0.3 is 9.15 Å². The molecule has 0 aliphatic heterocycles. The largest absolute Gasteiger partial charge is 0.422 e. The first-order chi connectivity index (χ1) is 13.0. The minimum atomic E-state index is -1.06. The Bertz CT molecular complexity index is 1280. The topological polar surface area (TPSA) is 113 Å². The van der Waals surface area contributed by atoms with Crippen LogP contribution in [0.15, 0.2) is 70.0 Å². The molecule has 2 aromatic heterocycles. The van der Waals surface area contributed by atoms with E-state index in [-0.39, 0.29) is 16.8 Å². The number of rotatable bonds is 3. The van der Waals surface area contributed by atoms with E-state index in [1.165, 1.54) is 24.4 Å². The van der Waals surface area contributed by atoms with E-state index in [9.17, 15) is 19.7 Å². The molecule has 8 heteroatoms. The fraction of sp³-hybridized carbons (Fsp3) is 0. The maximum atomic E-state index is 12.6. The highest BCUT2D eigenvalue weighted by molar-refractivity contribution is 5.97. The van der Waals surface area contributed by atoms with Crippen LogP contribution in [0.1, 0.15) is 10.4 Å². The maximum Gasteiger partial charge on any atom is 0.351 e. The molecule has 8 nitrogen and oxygen atoms in total. The molecule has 27 heavy (non-hydrogen) atoms. The summed E-state index contributed by atoms with van der Waals surface area (Å²) < 4.78 is 10.3. The zero-order chi connectivity index (χ0) is 19.0. The second kappa shape index (κ2) is 6.34. The first-order valence-corrected chi connectivity index (χ1v) is 7.82. The van der Waals surface area contributed by atoms with E-state index in [0.717, 1.165) is 0 Å². The molecule has 4 aromatic rings. The summed E-state index contributed by atoms with van der Waals surface area (Å²) in [5.74, 6) is -1.38. The molecule has 0 N–H and O–H groups in total. The normalized spacial score (nSPS) is 10.8. The number of hydrogen-bond acceptors (Lipinski definition) is 7. The molecule has 2 heterocycles. The van der Waals surface area contributed by atoms with E-state index in [4.69, 9.17) is 9.15 Å². The van der Waals surface area contributed by atoms with Crippen LogP contribution in [0, 0.1) is 10.1 Å². The number of pyridine rings is 1. The van der Waals surface area contributed by atoms with E-state index in [2.05, 4.69) is 4.98 Å². The first kappa shape index (κ1) is 16.4. The number of aromatic nitrogens is 1. The standard InChI is InChI=1S/C19H10N2O6/c22-18-13(10-12-4-1-2-6-15(12)26-18)19(23)27-17-14(21(24)25)8-7-11-5-3-9-20-16(11)17/h1-10H. The predicted octanol–water partition coefficient (Wildman–Crippen LogP) is 3.47. The fourth-order valence-corrected chi connectivity index (χ4v) is 2.70. The number of nitro benzene ring substituents is 1. The summed E-state index contributed by atoms with van der Waals surface area (Å²) in [6, 6.07) is 14.0. The monoisotopic (exact) mass is 362 g/mol. The predicted molar refractivity (Wildman–Crippen MR) is 95.8 cm³/mol. The van der Waals surface area contributed by atoms with Crippen LogP contribution in [0.25, 0.3) is 21.9 Å². The van der Waals surface area contributed by atoms with E-state index in [1.54, 1.807) is 36.4 Å². The van der Waals surface area contributed by atoms with Crippen molar-refractivity contribution in [2.75, 3.05) is 0 Å². The Hall–Kier alpha value is -4.07. The molecule has 2 aromatic carbocycles. The molecule has 132 valence electrons. The summed E-state index contributed by atoms with van der Waals surface area (Å²) in [6.07, 6.45) is 1.42. The fourth-order valence-electron chi connectivity index (χ4n) is 2.70. The second-order valence-electron chi connectivity index (χ2n) is 5.62. The van der Waals surface area contributed by atoms with Crippen LogP contribution in [0.4, 0.5) is 5.69 Å². The summed E-state index contributed by atoms with van der Waals surface area (Å²) in [7, 11) is 0. The highest BCUT2D eigenvalue weighted by Gasteiger charge is 2.24. The summed E-state index contributed by atoms with van der Waals surface area (Å²) in [6.45, 7) is 0. The van der Waals surface area contributed by atoms with Crippen molar-refractivity contribution in [3.63, 3.8) is 0 Å². The Morgan fingerprint density at radius 2 is 1.85 bits per heavy atom. The molecule has 0 saturated heterocycles. The number of carbonyl (C=O) groups excluding carboxylic acids is 1. The summed E-state index contributed by atoms with van der Waals surface area (Å²) in [5.41, 5.74) is -1.23. The Labute approximate surface area is 150 Å². The van der Waals surface area contributed by atoms with Gasteiger partial charge in [0.25, 0.3) is 0 Å². The lowest BCUT2D eigenvalue weighted by Crippen LogP contribution is -2.19. The third-order valence-corrected chi connectivity index (χ3v) is 3.96. The van der Waals surface area contributed by atoms with Crippen molar-refractivity contribution in [1.29, 1.82) is 0 Å². The molecular weight excluding hydrogens is 352 g/mol. The van der Waals surface area contributed by atoms with Crippen molar-refractivity contribution < 1.29 is 18.9 Å². The average molecular weight is 362 g/mol. The number of nitrogens with zero attached hydrogens (tertiary/aromatic N) is 2. The van der Waals surface area contributed by atoms with Crippen LogP contribution >= 0.6 is 0 Å². The number of esters is 1. The number of carbonyl (C=O) groups is 1. The molecule has 0 amide bonds. The molecule has 0 unspecified atom stereocenters. The van der Waals surface area contributed by atoms with Crippen molar-refractivity contribution in [3.8, 4) is 5.75 Å². The Morgan fingerprint density at radius 1 is 1.07 bits per heavy atom. The number of fused-ring (bicyclic) bond motifs is 2. The van der Waals surface area contributed by atoms with Gasteiger partial charge >= 0.3 is 17.3 Å². The van der Waals surface area contributed by atoms with Crippen LogP contribution in [0.3, 0.4) is 0 Å². The third kappa shape index (κ3) is 2.89. The van der Waals surface area contributed by atoms with Crippen LogP contribution in [-0.4, -0.2) is 15.9 Å². The number of benzene rings is 2. The van der Waals surface area contributed by atoms with Crippen molar-refractivity contribution in [2.45, 2.75) is 0 Å². The second-order valence-corrected chi connectivity index (χ2v) is 5.62. The summed E-state index contributed by atoms with van der Waals surface area (Å²) in [4.78, 5) is 39.4. The molecule has 0 fully saturated rings. The zero-order valence-electron chi connectivity index (χ0n) is 13.6. The van der Waals surface area contributed by atoms with E-state index >= 15 is 0 Å². The van der Waals surface area contributed by atoms with Gasteiger partial charge in [-0.2, -0.15) is 0 Å². The molecule has 0 aliphatic rings. The SMILES string of the molecule is O=C(Oc1c([N+](=O)[O-])ccc2cccnc12)c1cc2ccccc2oc1=O. The van der Waals surface area contributed by atoms with Crippen molar-refractivity contribution in [2.24, 2.45) is 0 Å². The van der Waals surface area contributed by atoms with Crippen LogP contribution in [0.5, 0.6) is 5.75 Å². The van der Waals surface area contributed by atoms with Gasteiger partial charge in [0.1, 0.15) is 16.7 Å². The minimum Gasteiger partial charge on any atom is -0.422 e. The smallest absolute Gasteiger partial charge is 0.351 e. The lowest BCUT2D eigenvalue weighted by molar-refractivity contribution is -0.385. The number of hydrogen-bond donors (Lipinski definition) is 0. The Morgan fingerprint density at radius 3 is 2.67 bits per heavy atom. The zero-order valence-corrected chi connectivity index (χ0v) is 13.6. The van der Waals surface area contributed by atoms with Gasteiger partial charge in [-0.25, -0.2) is 9.59 Å². The van der Waals surface area contributed by atoms with Gasteiger partial charge in [-0.05, 0) is 24.3 Å². The Kier molecular flexibility index (Phi) is 3.85. The van der Waals surface area contributed by atoms with Gasteiger partial charge in [0.05, 0.1) is 4.92 Å². The van der Waals surface area contributed by atoms with E-state index < -0.39 is 22.2 Å². The Balaban J connectivity index is 1.84. The highest BCUT2D eigenvalue weighted by atomic mass is 16.6. The van der Waals surface area contributed by atoms with Gasteiger partial charge in [-0.3, -0.25) is 15.1 Å². The van der Waals surface area contributed by atoms with Crippen molar-refractivity contribution >= 4 is 33.5 Å². The first-order valence-electron chi connectivity index (χ1n) is 7.82. The molecule has 0 radical (unpaired) electrons. The van der Waals surface area contributed by atoms with E-state index in [0.29, 0.717) is 16.4 Å². The number of para-hydroxylation sites is 1. The van der Waals surface area contributed by atoms with Gasteiger partial charge in [-0.1, -0.05) is 24.3 Å². The molecule has 0 aliphatic carbocycles. The molecule has 0 spiro atoms. The highest BCUT2D eigenvalue weighted by Crippen LogP contribution is 2.34. The quantitative estimate of drug-likeness (QED) is 0.180. The number of nitro groups is 1. The van der Waals surface area contributed by atoms with Gasteiger partial charge in [-0.15, -0.1) is 0 Å². The van der Waals surface area contributed by atoms with Gasteiger partial charge in [0.2, 0.25) is 5.75 Å². The van der Waals surface area contributed by atoms with Crippen molar-refractivity contribution in [1.82, 2.24) is 4.98 Å². The average Bonchev–Trinajstić information content (AvgIpc) is 2.67.